The molecule has 1 N–H and O–H groups in total. The van der Waals surface area contributed by atoms with Crippen molar-refractivity contribution in [3.05, 3.63) is 0 Å². The topological polar surface area (TPSA) is 46.5 Å². The van der Waals surface area contributed by atoms with E-state index in [1.165, 1.54) is 0 Å². The Bertz CT molecular complexity index is 134. The molecule has 0 unspecified atom stereocenters. The van der Waals surface area contributed by atoms with Gasteiger partial charge in [0.25, 0.3) is 8.32 Å². The van der Waals surface area contributed by atoms with E-state index in [9.17, 15) is 4.79 Å². The molecule has 0 aromatic carbocycles. The lowest BCUT2D eigenvalue weighted by Gasteiger charge is -2.19. The van der Waals surface area contributed by atoms with Gasteiger partial charge in [-0.2, -0.15) is 0 Å². The van der Waals surface area contributed by atoms with Gasteiger partial charge >= 0.3 is 6.16 Å². The first-order valence-electron chi connectivity index (χ1n) is 3.90. The minimum atomic E-state index is -1.89. The second-order valence-electron chi connectivity index (χ2n) is 3.23. The highest BCUT2D eigenvalue weighted by Crippen LogP contribution is 2.14. The molecule has 0 spiro atoms. The highest BCUT2D eigenvalue weighted by molar-refractivity contribution is 6.72. The molecule has 0 amide bonds. The molecule has 66 valence electrons. The average molecular weight is 176 g/mol. The van der Waals surface area contributed by atoms with Gasteiger partial charge in [0.2, 0.25) is 0 Å². The van der Waals surface area contributed by atoms with Crippen LogP contribution >= 0.6 is 0 Å². The summed E-state index contributed by atoms with van der Waals surface area (Å²) in [7, 11) is -1.89. The zero-order valence-corrected chi connectivity index (χ0v) is 8.39. The van der Waals surface area contributed by atoms with Gasteiger partial charge in [0.1, 0.15) is 0 Å². The van der Waals surface area contributed by atoms with E-state index in [0.29, 0.717) is 0 Å². The van der Waals surface area contributed by atoms with Crippen molar-refractivity contribution in [2.24, 2.45) is 0 Å². The van der Waals surface area contributed by atoms with Crippen LogP contribution in [0.5, 0.6) is 0 Å². The maximum Gasteiger partial charge on any atom is 0.491 e. The third-order valence-electron chi connectivity index (χ3n) is 1.50. The molecule has 0 saturated heterocycles. The lowest BCUT2D eigenvalue weighted by atomic mass is 10.4. The maximum atomic E-state index is 10.2. The highest BCUT2D eigenvalue weighted by atomic mass is 28.4. The fraction of sp³-hybridized carbons (Fsp3) is 0.857. The third-order valence-corrected chi connectivity index (χ3v) is 3.78. The lowest BCUT2D eigenvalue weighted by Crippen LogP contribution is -2.32. The predicted molar refractivity (Wildman–Crippen MR) is 46.3 cm³/mol. The molecule has 0 aliphatic rings. The smallest absolute Gasteiger partial charge is 0.490 e. The molecule has 0 fully saturated rings. The van der Waals surface area contributed by atoms with Crippen molar-refractivity contribution in [3.8, 4) is 0 Å². The molecular weight excluding hydrogens is 160 g/mol. The van der Waals surface area contributed by atoms with Gasteiger partial charge in [0.05, 0.1) is 0 Å². The van der Waals surface area contributed by atoms with Crippen molar-refractivity contribution in [2.45, 2.75) is 38.9 Å². The van der Waals surface area contributed by atoms with Crippen molar-refractivity contribution in [3.63, 3.8) is 0 Å². The summed E-state index contributed by atoms with van der Waals surface area (Å²) >= 11 is 0. The van der Waals surface area contributed by atoms with Gasteiger partial charge in [-0.3, -0.25) is 0 Å². The first kappa shape index (κ1) is 10.5. The Morgan fingerprint density at radius 2 is 2.09 bits per heavy atom. The Kier molecular flexibility index (Phi) is 4.18. The third kappa shape index (κ3) is 5.91. The lowest BCUT2D eigenvalue weighted by molar-refractivity contribution is 0.141. The zero-order valence-electron chi connectivity index (χ0n) is 7.39. The van der Waals surface area contributed by atoms with Crippen LogP contribution < -0.4 is 0 Å². The number of unbranched alkanes of at least 4 members (excludes halogenated alkanes) is 1. The average Bonchev–Trinajstić information content (AvgIpc) is 1.81. The second-order valence-corrected chi connectivity index (χ2v) is 7.45. The minimum Gasteiger partial charge on any atom is -0.490 e. The summed E-state index contributed by atoms with van der Waals surface area (Å²) in [5.41, 5.74) is 0. The Labute approximate surface area is 68.5 Å². The first-order valence-corrected chi connectivity index (χ1v) is 7.01. The monoisotopic (exact) mass is 176 g/mol. The van der Waals surface area contributed by atoms with E-state index in [1.54, 1.807) is 0 Å². The summed E-state index contributed by atoms with van der Waals surface area (Å²) in [6.07, 6.45) is 1.03. The Morgan fingerprint density at radius 1 is 1.55 bits per heavy atom. The van der Waals surface area contributed by atoms with Gasteiger partial charge in [0.15, 0.2) is 0 Å². The number of rotatable bonds is 4. The van der Waals surface area contributed by atoms with Gasteiger partial charge in [-0.25, -0.2) is 4.79 Å². The van der Waals surface area contributed by atoms with Crippen LogP contribution in [0, 0.1) is 0 Å². The molecule has 0 heterocycles. The SMILES string of the molecule is CCCC[Si](C)(C)OC(=O)O. The quantitative estimate of drug-likeness (QED) is 0.670. The molecule has 0 aromatic rings. The second kappa shape index (κ2) is 4.38. The molecule has 11 heavy (non-hydrogen) atoms. The Hall–Kier alpha value is -0.513. The zero-order chi connectivity index (χ0) is 8.91. The van der Waals surface area contributed by atoms with E-state index >= 15 is 0 Å². The van der Waals surface area contributed by atoms with Crippen molar-refractivity contribution < 1.29 is 14.3 Å². The normalized spacial score (nSPS) is 11.2. The fourth-order valence-electron chi connectivity index (χ4n) is 0.890. The molecule has 0 aliphatic heterocycles. The Morgan fingerprint density at radius 3 is 2.45 bits per heavy atom. The van der Waals surface area contributed by atoms with Crippen molar-refractivity contribution in [1.82, 2.24) is 0 Å². The van der Waals surface area contributed by atoms with E-state index in [4.69, 9.17) is 9.53 Å². The van der Waals surface area contributed by atoms with Crippen molar-refractivity contribution >= 4 is 14.5 Å². The molecule has 0 radical (unpaired) electrons. The van der Waals surface area contributed by atoms with Crippen LogP contribution in [0.4, 0.5) is 4.79 Å². The summed E-state index contributed by atoms with van der Waals surface area (Å²) < 4.78 is 4.80. The standard InChI is InChI=1S/C7H16O3Si/c1-4-5-6-11(2,3)10-7(8)9/h4-6H2,1-3H3,(H,8,9). The molecular formula is C7H16O3Si. The molecule has 0 saturated carbocycles. The molecule has 0 rings (SSSR count). The van der Waals surface area contributed by atoms with Gasteiger partial charge in [-0.15, -0.1) is 0 Å². The molecule has 0 aromatic heterocycles. The van der Waals surface area contributed by atoms with Crippen LogP contribution in [0.2, 0.25) is 19.1 Å². The van der Waals surface area contributed by atoms with Crippen LogP contribution in [0.25, 0.3) is 0 Å². The number of carboxylic acid groups (broad SMARTS) is 1. The summed E-state index contributed by atoms with van der Waals surface area (Å²) in [6, 6.07) is 0.926. The van der Waals surface area contributed by atoms with E-state index in [2.05, 4.69) is 6.92 Å². The molecule has 0 aliphatic carbocycles. The molecule has 4 heteroatoms. The van der Waals surface area contributed by atoms with Gasteiger partial charge in [-0.05, 0) is 19.1 Å². The van der Waals surface area contributed by atoms with Crippen LogP contribution in [-0.4, -0.2) is 19.6 Å². The Balaban J connectivity index is 3.70. The van der Waals surface area contributed by atoms with Gasteiger partial charge in [-0.1, -0.05) is 19.8 Å². The van der Waals surface area contributed by atoms with Crippen LogP contribution in [0.1, 0.15) is 19.8 Å². The van der Waals surface area contributed by atoms with Crippen molar-refractivity contribution in [1.29, 1.82) is 0 Å². The first-order chi connectivity index (χ1) is 4.98. The van der Waals surface area contributed by atoms with Gasteiger partial charge < -0.3 is 9.53 Å². The summed E-state index contributed by atoms with van der Waals surface area (Å²) in [6.45, 7) is 5.94. The summed E-state index contributed by atoms with van der Waals surface area (Å²) in [4.78, 5) is 10.2. The van der Waals surface area contributed by atoms with E-state index < -0.39 is 14.5 Å². The highest BCUT2D eigenvalue weighted by Gasteiger charge is 2.25. The number of carbonyl (C=O) groups is 1. The molecule has 0 atom stereocenters. The predicted octanol–water partition coefficient (Wildman–Crippen LogP) is 2.69. The van der Waals surface area contributed by atoms with E-state index in [1.807, 2.05) is 13.1 Å². The number of hydrogen-bond acceptors (Lipinski definition) is 2. The molecule has 3 nitrogen and oxygen atoms in total. The number of hydrogen-bond donors (Lipinski definition) is 1. The summed E-state index contributed by atoms with van der Waals surface area (Å²) in [5, 5.41) is 8.36. The van der Waals surface area contributed by atoms with Crippen molar-refractivity contribution in [2.75, 3.05) is 0 Å². The molecule has 0 bridgehead atoms. The van der Waals surface area contributed by atoms with Crippen LogP contribution in [-0.2, 0) is 4.43 Å². The van der Waals surface area contributed by atoms with Gasteiger partial charge in [0, 0.05) is 0 Å². The minimum absolute atomic E-state index is 0.926. The van der Waals surface area contributed by atoms with Crippen LogP contribution in [0.3, 0.4) is 0 Å². The van der Waals surface area contributed by atoms with E-state index in [-0.39, 0.29) is 0 Å². The van der Waals surface area contributed by atoms with E-state index in [0.717, 1.165) is 18.9 Å². The summed E-state index contributed by atoms with van der Waals surface area (Å²) in [5.74, 6) is 0. The fourth-order valence-corrected chi connectivity index (χ4v) is 2.67. The maximum absolute atomic E-state index is 10.2. The van der Waals surface area contributed by atoms with Crippen LogP contribution in [0.15, 0.2) is 0 Å². The largest absolute Gasteiger partial charge is 0.491 e.